The number of ketones is 6. The van der Waals surface area contributed by atoms with Gasteiger partial charge in [-0.15, -0.1) is 17.9 Å². The first-order chi connectivity index (χ1) is 39.4. The predicted molar refractivity (Wildman–Crippen MR) is 326 cm³/mol. The Labute approximate surface area is 503 Å². The Balaban J connectivity index is 0.000000184. The van der Waals surface area contributed by atoms with Crippen LogP contribution in [0, 0.1) is 168 Å². The Morgan fingerprint density at radius 3 is 1.07 bits per heavy atom. The molecule has 85 heavy (non-hydrogen) atoms. The number of Topliss-reactive ketones (excluding diaryl/α,β-unsaturated/α-hetero) is 3. The predicted octanol–water partition coefficient (Wildman–Crippen LogP) is 13.0. The minimum atomic E-state index is -1.95. The van der Waals surface area contributed by atoms with Crippen LogP contribution < -0.4 is 0 Å². The first-order valence-corrected chi connectivity index (χ1v) is 31.5. The third kappa shape index (κ3) is 9.82. The standard InChI is InChI=1S/C27H32N2O2Si.C23H18N2O2.C22H20N2O2/c1-24(2,3)32(8,9)13-12-27-11-10-21-25(4,5)23(31)19(29-7)16-26(21,6)22(27)14-20(30)18(15-27)17-28;1-6-7-9-23-10-8-18-21(2,3)20(27)16(25-5)13-22(18,4)19(23)11-17(26)15(12-23)14-24;1-6-8-22-9-7-17-20(2,3)19(26)15(24-5)12-21(17,4)18(22)10-16(25)14(11-22)13-23/h14-16,21H,10-11H2,1-6,8-9H3;1,11-13,18H,8,10H2,2-4H3;10-12,17H,7,9H2,1-4H3. The van der Waals surface area contributed by atoms with E-state index in [2.05, 4.69) is 95.5 Å². The summed E-state index contributed by atoms with van der Waals surface area (Å²) in [5.41, 5.74) is 0.188. The molecule has 0 aromatic rings. The number of hydrogen-bond acceptors (Lipinski definition) is 9. The van der Waals surface area contributed by atoms with Gasteiger partial charge < -0.3 is 14.4 Å². The van der Waals surface area contributed by atoms with E-state index in [0.717, 1.165) is 29.6 Å². The lowest BCUT2D eigenvalue weighted by Gasteiger charge is -2.56. The third-order valence-electron chi connectivity index (χ3n) is 20.9. The number of nitrogens with zero attached hydrogens (tertiary/aromatic N) is 6. The van der Waals surface area contributed by atoms with Crippen LogP contribution in [0.4, 0.5) is 0 Å². The van der Waals surface area contributed by atoms with Crippen LogP contribution in [0.25, 0.3) is 14.5 Å². The van der Waals surface area contributed by atoms with Crippen molar-refractivity contribution in [3.05, 3.63) is 139 Å². The van der Waals surface area contributed by atoms with E-state index in [1.165, 1.54) is 12.2 Å². The van der Waals surface area contributed by atoms with Crippen molar-refractivity contribution in [2.75, 3.05) is 0 Å². The molecule has 428 valence electrons. The molecule has 0 aromatic heterocycles. The van der Waals surface area contributed by atoms with Crippen LogP contribution >= 0.6 is 0 Å². The number of allylic oxidation sites excluding steroid dienone is 18. The summed E-state index contributed by atoms with van der Waals surface area (Å²) < 4.78 is 0. The van der Waals surface area contributed by atoms with Gasteiger partial charge in [-0.2, -0.15) is 15.8 Å². The van der Waals surface area contributed by atoms with Crippen LogP contribution in [0.15, 0.2) is 105 Å². The van der Waals surface area contributed by atoms with Crippen LogP contribution in [-0.2, 0) is 28.8 Å². The van der Waals surface area contributed by atoms with E-state index in [-0.39, 0.29) is 91.3 Å². The molecule has 13 heteroatoms. The summed E-state index contributed by atoms with van der Waals surface area (Å²) >= 11 is 0. The third-order valence-corrected chi connectivity index (χ3v) is 25.4. The zero-order valence-electron chi connectivity index (χ0n) is 51.4. The van der Waals surface area contributed by atoms with Gasteiger partial charge in [0.1, 0.15) is 26.3 Å². The summed E-state index contributed by atoms with van der Waals surface area (Å²) in [6, 6.07) is 5.98. The van der Waals surface area contributed by atoms with Gasteiger partial charge in [0.15, 0.2) is 34.7 Å². The number of carbonyl (C=O) groups excluding carboxylic acids is 6. The first kappa shape index (κ1) is 63.7. The first-order valence-electron chi connectivity index (χ1n) is 28.5. The number of hydrogen-bond donors (Lipinski definition) is 0. The summed E-state index contributed by atoms with van der Waals surface area (Å²) in [4.78, 5) is 86.7. The molecule has 9 rings (SSSR count). The van der Waals surface area contributed by atoms with Gasteiger partial charge in [0, 0.05) is 32.5 Å². The fraction of sp³-hybridized carbons (Fsp3) is 0.472. The molecule has 0 amide bonds. The van der Waals surface area contributed by atoms with Crippen molar-refractivity contribution in [2.24, 2.45) is 66.5 Å². The number of carbonyl (C=O) groups is 6. The molecule has 0 bridgehead atoms. The zero-order chi connectivity index (χ0) is 63.7. The van der Waals surface area contributed by atoms with E-state index in [1.54, 1.807) is 49.5 Å². The summed E-state index contributed by atoms with van der Waals surface area (Å²) in [7, 11) is -1.95. The molecule has 9 atom stereocenters. The van der Waals surface area contributed by atoms with Gasteiger partial charge in [-0.3, -0.25) is 14.4 Å². The van der Waals surface area contributed by atoms with Crippen molar-refractivity contribution >= 4 is 42.8 Å². The van der Waals surface area contributed by atoms with Crippen molar-refractivity contribution in [1.29, 1.82) is 15.8 Å². The Kier molecular flexibility index (Phi) is 16.0. The van der Waals surface area contributed by atoms with Crippen molar-refractivity contribution in [3.8, 4) is 65.7 Å². The summed E-state index contributed by atoms with van der Waals surface area (Å²) in [6.45, 7) is 52.6. The molecule has 0 aliphatic heterocycles. The molecule has 0 spiro atoms. The van der Waals surface area contributed by atoms with Gasteiger partial charge in [0.05, 0.1) is 52.7 Å². The van der Waals surface area contributed by atoms with Crippen molar-refractivity contribution in [2.45, 2.75) is 147 Å². The monoisotopic (exact) mass is 1140 g/mol. The van der Waals surface area contributed by atoms with E-state index in [9.17, 15) is 44.6 Å². The molecular weight excluding hydrogens is 1070 g/mol. The van der Waals surface area contributed by atoms with Crippen molar-refractivity contribution in [1.82, 2.24) is 0 Å². The molecule has 3 fully saturated rings. The van der Waals surface area contributed by atoms with Crippen LogP contribution in [0.3, 0.4) is 0 Å². The highest BCUT2D eigenvalue weighted by Gasteiger charge is 2.63. The average Bonchev–Trinajstić information content (AvgIpc) is 0.785. The molecule has 0 aromatic carbocycles. The Bertz CT molecular complexity index is 3990. The van der Waals surface area contributed by atoms with Gasteiger partial charge in [-0.1, -0.05) is 132 Å². The largest absolute Gasteiger partial charge is 0.307 e. The maximum Gasteiger partial charge on any atom is 0.226 e. The molecule has 0 N–H and O–H groups in total. The van der Waals surface area contributed by atoms with Crippen LogP contribution in [0.1, 0.15) is 129 Å². The minimum Gasteiger partial charge on any atom is -0.307 e. The van der Waals surface area contributed by atoms with Gasteiger partial charge in [0.2, 0.25) is 17.1 Å². The molecule has 0 radical (unpaired) electrons. The topological polar surface area (TPSA) is 187 Å². The Morgan fingerprint density at radius 1 is 0.518 bits per heavy atom. The fourth-order valence-electron chi connectivity index (χ4n) is 15.5. The molecule has 12 nitrogen and oxygen atoms in total. The zero-order valence-corrected chi connectivity index (χ0v) is 52.4. The lowest BCUT2D eigenvalue weighted by atomic mass is 9.46. The summed E-state index contributed by atoms with van der Waals surface area (Å²) in [5.74, 6) is 16.2. The fourth-order valence-corrected chi connectivity index (χ4v) is 16.4. The molecule has 9 unspecified atom stereocenters. The molecule has 9 aliphatic rings. The van der Waals surface area contributed by atoms with Gasteiger partial charge in [-0.05, 0) is 133 Å². The maximum absolute atomic E-state index is 13.0. The summed E-state index contributed by atoms with van der Waals surface area (Å²) in [6.07, 6.45) is 24.2. The smallest absolute Gasteiger partial charge is 0.226 e. The molecular formula is C72H70N6O6Si. The highest BCUT2D eigenvalue weighted by atomic mass is 28.3. The lowest BCUT2D eigenvalue weighted by molar-refractivity contribution is -0.130. The normalized spacial score (nSPS) is 33.0. The maximum atomic E-state index is 13.0. The van der Waals surface area contributed by atoms with E-state index in [1.807, 2.05) is 74.5 Å². The second-order valence-electron chi connectivity index (χ2n) is 27.8. The second kappa shape index (κ2) is 21.3. The Hall–Kier alpha value is -8.92. The number of terminal acetylenes is 1. The van der Waals surface area contributed by atoms with E-state index < -0.39 is 56.8 Å². The van der Waals surface area contributed by atoms with Crippen LogP contribution in [0.5, 0.6) is 0 Å². The molecule has 0 saturated heterocycles. The van der Waals surface area contributed by atoms with Crippen LogP contribution in [0.2, 0.25) is 18.1 Å². The van der Waals surface area contributed by atoms with Gasteiger partial charge in [0.25, 0.3) is 0 Å². The summed E-state index contributed by atoms with van der Waals surface area (Å²) in [5, 5.41) is 28.3. The van der Waals surface area contributed by atoms with E-state index >= 15 is 0 Å². The van der Waals surface area contributed by atoms with E-state index in [4.69, 9.17) is 26.1 Å². The molecule has 3 saturated carbocycles. The molecule has 9 aliphatic carbocycles. The quantitative estimate of drug-likeness (QED) is 0.129. The number of rotatable bonds is 0. The minimum absolute atomic E-state index is 0.0316. The highest BCUT2D eigenvalue weighted by Crippen LogP contribution is 2.67. The number of nitriles is 3. The second-order valence-corrected chi connectivity index (χ2v) is 32.8. The van der Waals surface area contributed by atoms with E-state index in [0.29, 0.717) is 25.7 Å². The Morgan fingerprint density at radius 2 is 0.812 bits per heavy atom. The number of fused-ring (bicyclic) bond motifs is 9. The lowest BCUT2D eigenvalue weighted by Crippen LogP contribution is -2.53. The SMILES string of the molecule is [C-]#[N+]C1=CC2(C)C3=CC(=O)C(C#N)=CC3(C#CC#C)CCC2C(C)(C)C1=O.[C-]#[N+]C1=CC2(C)C3=CC(=O)C(C#N)=CC3(C#CC)CCC2C(C)(C)C1=O.[C-]#[N+]C1=CC2(C)C3=CC(=O)C(C#N)=CC3(C#C[Si](C)(C)C(C)(C)C)CCC2C(C)(C)C1=O. The van der Waals surface area contributed by atoms with Gasteiger partial charge in [-0.25, -0.2) is 14.5 Å². The van der Waals surface area contributed by atoms with Gasteiger partial charge >= 0.3 is 0 Å². The molecule has 0 heterocycles. The average molecular weight is 1140 g/mol. The highest BCUT2D eigenvalue weighted by molar-refractivity contribution is 6.87. The van der Waals surface area contributed by atoms with Crippen molar-refractivity contribution in [3.63, 3.8) is 0 Å². The van der Waals surface area contributed by atoms with Crippen LogP contribution in [-0.4, -0.2) is 42.8 Å². The van der Waals surface area contributed by atoms with Crippen molar-refractivity contribution < 1.29 is 28.8 Å².